The first-order valence-corrected chi connectivity index (χ1v) is 7.32. The molecule has 2 aromatic heterocycles. The van der Waals surface area contributed by atoms with Crippen molar-refractivity contribution in [1.82, 2.24) is 9.97 Å². The van der Waals surface area contributed by atoms with Gasteiger partial charge in [0.25, 0.3) is 0 Å². The maximum absolute atomic E-state index is 12.1. The average Bonchev–Trinajstić information content (AvgIpc) is 2.78. The van der Waals surface area contributed by atoms with E-state index in [9.17, 15) is 4.79 Å². The summed E-state index contributed by atoms with van der Waals surface area (Å²) in [6.45, 7) is 6.58. The van der Waals surface area contributed by atoms with Gasteiger partial charge in [0.05, 0.1) is 23.8 Å². The molecule has 108 valence electrons. The molecule has 0 spiro atoms. The van der Waals surface area contributed by atoms with Crippen LogP contribution in [0.25, 0.3) is 10.3 Å². The van der Waals surface area contributed by atoms with Gasteiger partial charge in [-0.05, 0) is 13.8 Å². The first-order valence-electron chi connectivity index (χ1n) is 6.50. The van der Waals surface area contributed by atoms with Crippen LogP contribution in [0.1, 0.15) is 40.7 Å². The Morgan fingerprint density at radius 2 is 2.25 bits per heavy atom. The molecule has 0 aromatic carbocycles. The summed E-state index contributed by atoms with van der Waals surface area (Å²) in [6, 6.07) is 0. The lowest BCUT2D eigenvalue weighted by Gasteiger charge is -2.15. The Hall–Kier alpha value is -1.53. The number of thiazole rings is 1. The van der Waals surface area contributed by atoms with Crippen LogP contribution < -0.4 is 0 Å². The molecule has 0 fully saturated rings. The molecule has 0 saturated carbocycles. The molecule has 1 unspecified atom stereocenters. The van der Waals surface area contributed by atoms with Crippen LogP contribution in [0.3, 0.4) is 0 Å². The van der Waals surface area contributed by atoms with Crippen LogP contribution in [0, 0.1) is 6.92 Å². The number of pyridine rings is 1. The van der Waals surface area contributed by atoms with Gasteiger partial charge < -0.3 is 9.47 Å². The highest BCUT2D eigenvalue weighted by atomic mass is 32.1. The van der Waals surface area contributed by atoms with Crippen LogP contribution in [0.15, 0.2) is 6.20 Å². The summed E-state index contributed by atoms with van der Waals surface area (Å²) in [5.74, 6) is -0.308. The van der Waals surface area contributed by atoms with Crippen molar-refractivity contribution in [1.29, 1.82) is 0 Å². The minimum Gasteiger partial charge on any atom is -0.462 e. The molecule has 2 rings (SSSR count). The molecule has 0 N–H and O–H groups in total. The van der Waals surface area contributed by atoms with E-state index in [4.69, 9.17) is 9.47 Å². The van der Waals surface area contributed by atoms with E-state index in [1.165, 1.54) is 11.3 Å². The number of rotatable bonds is 5. The predicted octanol–water partition coefficient (Wildman–Crippen LogP) is 2.93. The number of methoxy groups -OCH3 is 1. The number of carbonyl (C=O) groups is 1. The highest BCUT2D eigenvalue weighted by Gasteiger charge is 2.23. The Kier molecular flexibility index (Phi) is 4.67. The number of aryl methyl sites for hydroxylation is 1. The number of hydrogen-bond donors (Lipinski definition) is 0. The summed E-state index contributed by atoms with van der Waals surface area (Å²) in [5.41, 5.74) is 2.12. The number of fused-ring (bicyclic) bond motifs is 1. The number of hydrogen-bond acceptors (Lipinski definition) is 6. The van der Waals surface area contributed by atoms with Gasteiger partial charge in [0.1, 0.15) is 10.3 Å². The van der Waals surface area contributed by atoms with Crippen molar-refractivity contribution in [2.75, 3.05) is 20.3 Å². The second kappa shape index (κ2) is 6.28. The van der Waals surface area contributed by atoms with E-state index < -0.39 is 0 Å². The average molecular weight is 294 g/mol. The van der Waals surface area contributed by atoms with E-state index in [1.807, 2.05) is 13.8 Å². The van der Waals surface area contributed by atoms with E-state index in [-0.39, 0.29) is 11.9 Å². The summed E-state index contributed by atoms with van der Waals surface area (Å²) in [5, 5.41) is 0.930. The van der Waals surface area contributed by atoms with E-state index in [0.29, 0.717) is 18.8 Å². The van der Waals surface area contributed by atoms with Crippen molar-refractivity contribution in [3.63, 3.8) is 0 Å². The van der Waals surface area contributed by atoms with Gasteiger partial charge in [0, 0.05) is 24.8 Å². The lowest BCUT2D eigenvalue weighted by atomic mass is 9.97. The van der Waals surface area contributed by atoms with Crippen molar-refractivity contribution in [2.24, 2.45) is 0 Å². The minimum atomic E-state index is -0.356. The SMILES string of the molecule is CCOC(=O)c1cnc2sc(C)nc2c1C(C)COC. The van der Waals surface area contributed by atoms with Crippen LogP contribution in [0.4, 0.5) is 0 Å². The Labute approximate surface area is 122 Å². The molecule has 2 aromatic rings. The normalized spacial score (nSPS) is 12.6. The molecule has 0 aliphatic carbocycles. The standard InChI is InChI=1S/C14H18N2O3S/c1-5-19-14(17)10-6-15-13-12(16-9(3)20-13)11(10)8(2)7-18-4/h6,8H,5,7H2,1-4H3. The molecule has 0 aliphatic rings. The van der Waals surface area contributed by atoms with Gasteiger partial charge >= 0.3 is 5.97 Å². The fourth-order valence-corrected chi connectivity index (χ4v) is 2.98. The van der Waals surface area contributed by atoms with Crippen LogP contribution in [0.2, 0.25) is 0 Å². The van der Waals surface area contributed by atoms with Gasteiger partial charge in [-0.25, -0.2) is 14.8 Å². The topological polar surface area (TPSA) is 61.3 Å². The molecule has 0 amide bonds. The first kappa shape index (κ1) is 14.9. The smallest absolute Gasteiger partial charge is 0.340 e. The third-order valence-electron chi connectivity index (χ3n) is 2.98. The fraction of sp³-hybridized carbons (Fsp3) is 0.500. The highest BCUT2D eigenvalue weighted by molar-refractivity contribution is 7.18. The molecular weight excluding hydrogens is 276 g/mol. The van der Waals surface area contributed by atoms with Gasteiger partial charge in [0.2, 0.25) is 0 Å². The van der Waals surface area contributed by atoms with E-state index >= 15 is 0 Å². The van der Waals surface area contributed by atoms with E-state index in [0.717, 1.165) is 20.9 Å². The van der Waals surface area contributed by atoms with Gasteiger partial charge in [-0.1, -0.05) is 18.3 Å². The monoisotopic (exact) mass is 294 g/mol. The quantitative estimate of drug-likeness (QED) is 0.793. The van der Waals surface area contributed by atoms with Crippen molar-refractivity contribution in [3.05, 3.63) is 22.3 Å². The van der Waals surface area contributed by atoms with Crippen LogP contribution in [-0.2, 0) is 9.47 Å². The first-order chi connectivity index (χ1) is 9.58. The zero-order valence-electron chi connectivity index (χ0n) is 12.1. The van der Waals surface area contributed by atoms with Gasteiger partial charge in [0.15, 0.2) is 0 Å². The Morgan fingerprint density at radius 3 is 2.90 bits per heavy atom. The molecule has 0 saturated heterocycles. The van der Waals surface area contributed by atoms with E-state index in [1.54, 1.807) is 20.2 Å². The molecule has 6 heteroatoms. The Bertz CT molecular complexity index is 624. The third-order valence-corrected chi connectivity index (χ3v) is 3.86. The number of esters is 1. The fourth-order valence-electron chi connectivity index (χ4n) is 2.20. The van der Waals surface area contributed by atoms with Crippen LogP contribution in [0.5, 0.6) is 0 Å². The second-order valence-corrected chi connectivity index (χ2v) is 5.73. The van der Waals surface area contributed by atoms with Gasteiger partial charge in [-0.2, -0.15) is 0 Å². The summed E-state index contributed by atoms with van der Waals surface area (Å²) in [6.07, 6.45) is 1.58. The summed E-state index contributed by atoms with van der Waals surface area (Å²) in [4.78, 5) is 21.8. The summed E-state index contributed by atoms with van der Waals surface area (Å²) in [7, 11) is 1.64. The molecular formula is C14H18N2O3S. The van der Waals surface area contributed by atoms with Crippen molar-refractivity contribution in [2.45, 2.75) is 26.7 Å². The molecule has 0 bridgehead atoms. The lowest BCUT2D eigenvalue weighted by Crippen LogP contribution is -2.13. The van der Waals surface area contributed by atoms with Crippen LogP contribution in [-0.4, -0.2) is 36.3 Å². The largest absolute Gasteiger partial charge is 0.462 e. The maximum Gasteiger partial charge on any atom is 0.340 e. The molecule has 0 radical (unpaired) electrons. The number of aromatic nitrogens is 2. The zero-order chi connectivity index (χ0) is 14.7. The van der Waals surface area contributed by atoms with Crippen LogP contribution >= 0.6 is 11.3 Å². The predicted molar refractivity (Wildman–Crippen MR) is 78.4 cm³/mol. The van der Waals surface area contributed by atoms with Gasteiger partial charge in [-0.15, -0.1) is 0 Å². The summed E-state index contributed by atoms with van der Waals surface area (Å²) < 4.78 is 10.3. The summed E-state index contributed by atoms with van der Waals surface area (Å²) >= 11 is 1.52. The second-order valence-electron chi connectivity index (χ2n) is 4.55. The van der Waals surface area contributed by atoms with Crippen molar-refractivity contribution in [3.8, 4) is 0 Å². The number of ether oxygens (including phenoxy) is 2. The molecule has 20 heavy (non-hydrogen) atoms. The molecule has 5 nitrogen and oxygen atoms in total. The Balaban J connectivity index is 2.60. The minimum absolute atomic E-state index is 0.0476. The van der Waals surface area contributed by atoms with E-state index in [2.05, 4.69) is 9.97 Å². The van der Waals surface area contributed by atoms with Gasteiger partial charge in [-0.3, -0.25) is 0 Å². The molecule has 1 atom stereocenters. The highest BCUT2D eigenvalue weighted by Crippen LogP contribution is 2.31. The van der Waals surface area contributed by atoms with Crippen molar-refractivity contribution < 1.29 is 14.3 Å². The van der Waals surface area contributed by atoms with Crippen molar-refractivity contribution >= 4 is 27.7 Å². The maximum atomic E-state index is 12.1. The third kappa shape index (κ3) is 2.81. The Morgan fingerprint density at radius 1 is 1.50 bits per heavy atom. The number of carbonyl (C=O) groups excluding carboxylic acids is 1. The molecule has 2 heterocycles. The lowest BCUT2D eigenvalue weighted by molar-refractivity contribution is 0.0523. The molecule has 0 aliphatic heterocycles. The zero-order valence-corrected chi connectivity index (χ0v) is 12.9. The number of nitrogens with zero attached hydrogens (tertiary/aromatic N) is 2.